The molecule has 1 heterocycles. The van der Waals surface area contributed by atoms with Crippen LogP contribution in [0.4, 0.5) is 0 Å². The van der Waals surface area contributed by atoms with Gasteiger partial charge in [0.1, 0.15) is 5.75 Å². The number of halogens is 2. The number of methoxy groups -OCH3 is 1. The fraction of sp³-hybridized carbons (Fsp3) is 0.238. The normalized spacial score (nSPS) is 12.1. The van der Waals surface area contributed by atoms with Crippen molar-refractivity contribution in [2.75, 3.05) is 12.9 Å². The Balaban J connectivity index is 1.78. The zero-order chi connectivity index (χ0) is 22.6. The molecule has 0 fully saturated rings. The molecule has 0 aliphatic carbocycles. The average Bonchev–Trinajstić information content (AvgIpc) is 3.10. The van der Waals surface area contributed by atoms with E-state index in [0.717, 1.165) is 0 Å². The molecule has 2 aromatic carbocycles. The summed E-state index contributed by atoms with van der Waals surface area (Å²) in [5, 5.41) is 0.931. The fourth-order valence-electron chi connectivity index (χ4n) is 2.91. The van der Waals surface area contributed by atoms with Gasteiger partial charge in [-0.05, 0) is 42.8 Å². The predicted octanol–water partition coefficient (Wildman–Crippen LogP) is 4.33. The van der Waals surface area contributed by atoms with Crippen molar-refractivity contribution in [3.05, 3.63) is 51.2 Å². The highest BCUT2D eigenvalue weighted by Gasteiger charge is 2.16. The van der Waals surface area contributed by atoms with Crippen molar-refractivity contribution >= 4 is 60.5 Å². The number of hydrogen-bond donors (Lipinski definition) is 0. The Hall–Kier alpha value is -2.31. The lowest BCUT2D eigenvalue weighted by atomic mass is 10.3. The molecule has 0 saturated carbocycles. The highest BCUT2D eigenvalue weighted by atomic mass is 35.5. The third-order valence-corrected chi connectivity index (χ3v) is 8.08. The molecule has 0 aliphatic heterocycles. The lowest BCUT2D eigenvalue weighted by Gasteiger charge is -2.05. The van der Waals surface area contributed by atoms with Gasteiger partial charge in [-0.25, -0.2) is 8.42 Å². The van der Waals surface area contributed by atoms with Crippen molar-refractivity contribution in [1.82, 2.24) is 4.57 Å². The van der Waals surface area contributed by atoms with Crippen LogP contribution in [0.2, 0.25) is 10.0 Å². The van der Waals surface area contributed by atoms with Gasteiger partial charge in [0.2, 0.25) is 5.91 Å². The van der Waals surface area contributed by atoms with Crippen LogP contribution in [0.15, 0.2) is 46.3 Å². The molecule has 0 N–H and O–H groups in total. The van der Waals surface area contributed by atoms with Crippen molar-refractivity contribution in [1.29, 1.82) is 0 Å². The van der Waals surface area contributed by atoms with Gasteiger partial charge in [0.25, 0.3) is 0 Å². The molecule has 31 heavy (non-hydrogen) atoms. The van der Waals surface area contributed by atoms with Crippen LogP contribution >= 0.6 is 34.5 Å². The Labute approximate surface area is 194 Å². The number of thiazole rings is 1. The van der Waals surface area contributed by atoms with Crippen LogP contribution in [-0.2, 0) is 21.2 Å². The van der Waals surface area contributed by atoms with Crippen molar-refractivity contribution in [3.63, 3.8) is 0 Å². The van der Waals surface area contributed by atoms with Gasteiger partial charge in [-0.2, -0.15) is 4.99 Å². The summed E-state index contributed by atoms with van der Waals surface area (Å²) in [4.78, 5) is 17.1. The first kappa shape index (κ1) is 23.4. The van der Waals surface area contributed by atoms with Gasteiger partial charge < -0.3 is 9.30 Å². The lowest BCUT2D eigenvalue weighted by Crippen LogP contribution is -2.17. The number of ether oxygens (including phenoxy) is 1. The molecule has 0 spiro atoms. The van der Waals surface area contributed by atoms with Gasteiger partial charge in [-0.1, -0.05) is 40.5 Å². The van der Waals surface area contributed by atoms with Crippen LogP contribution in [0.25, 0.3) is 10.2 Å². The van der Waals surface area contributed by atoms with Crippen LogP contribution in [-0.4, -0.2) is 31.8 Å². The topological polar surface area (TPSA) is 77.7 Å². The van der Waals surface area contributed by atoms with E-state index in [9.17, 15) is 13.2 Å². The summed E-state index contributed by atoms with van der Waals surface area (Å²) < 4.78 is 32.3. The van der Waals surface area contributed by atoms with Crippen LogP contribution in [0.1, 0.15) is 12.8 Å². The molecule has 0 unspecified atom stereocenters. The van der Waals surface area contributed by atoms with E-state index >= 15 is 0 Å². The summed E-state index contributed by atoms with van der Waals surface area (Å²) in [6.07, 6.45) is 5.57. The first-order valence-corrected chi connectivity index (χ1v) is 12.3. The maximum atomic E-state index is 12.5. The Morgan fingerprint density at radius 1 is 1.19 bits per heavy atom. The molecule has 0 radical (unpaired) electrons. The van der Waals surface area contributed by atoms with Crippen LogP contribution in [0.5, 0.6) is 5.75 Å². The smallest absolute Gasteiger partial charge is 0.248 e. The molecule has 1 aromatic heterocycles. The zero-order valence-electron chi connectivity index (χ0n) is 16.5. The average molecular weight is 497 g/mol. The number of sulfone groups is 1. The summed E-state index contributed by atoms with van der Waals surface area (Å²) in [5.74, 6) is 2.47. The molecule has 6 nitrogen and oxygen atoms in total. The molecular weight excluding hydrogens is 479 g/mol. The molecule has 10 heteroatoms. The maximum absolute atomic E-state index is 12.5. The summed E-state index contributed by atoms with van der Waals surface area (Å²) in [6, 6.07) is 9.44. The number of benzene rings is 2. The summed E-state index contributed by atoms with van der Waals surface area (Å²) in [7, 11) is -2.01. The van der Waals surface area contributed by atoms with E-state index < -0.39 is 15.7 Å². The standard InChI is InChI=1S/C21H18Cl2N2O4S2/c1-3-12-25-19-16(22)10-11-17(23)20(19)30-21(25)24-18(26)5-4-13-31(27,28)15-8-6-14(29-2)7-9-15/h1,6-11H,4-5,12-13H2,2H3. The molecule has 0 aliphatic rings. The molecule has 162 valence electrons. The maximum Gasteiger partial charge on any atom is 0.248 e. The summed E-state index contributed by atoms with van der Waals surface area (Å²) in [5.41, 5.74) is 0.616. The van der Waals surface area contributed by atoms with E-state index in [0.29, 0.717) is 30.8 Å². The predicted molar refractivity (Wildman–Crippen MR) is 124 cm³/mol. The van der Waals surface area contributed by atoms with Crippen molar-refractivity contribution in [2.45, 2.75) is 24.3 Å². The summed E-state index contributed by atoms with van der Waals surface area (Å²) in [6.45, 7) is 0.165. The molecule has 1 amide bonds. The van der Waals surface area contributed by atoms with Crippen molar-refractivity contribution < 1.29 is 17.9 Å². The van der Waals surface area contributed by atoms with Gasteiger partial charge >= 0.3 is 0 Å². The summed E-state index contributed by atoms with van der Waals surface area (Å²) >= 11 is 13.7. The number of fused-ring (bicyclic) bond motifs is 1. The second kappa shape index (κ2) is 9.88. The van der Waals surface area contributed by atoms with Gasteiger partial charge in [-0.3, -0.25) is 4.79 Å². The highest BCUT2D eigenvalue weighted by molar-refractivity contribution is 7.91. The number of amides is 1. The minimum atomic E-state index is -3.52. The fourth-order valence-corrected chi connectivity index (χ4v) is 5.88. The number of terminal acetylenes is 1. The number of rotatable bonds is 7. The van der Waals surface area contributed by atoms with Gasteiger partial charge in [0, 0.05) is 6.42 Å². The number of carbonyl (C=O) groups excluding carboxylic acids is 1. The van der Waals surface area contributed by atoms with Gasteiger partial charge in [0.15, 0.2) is 14.6 Å². The second-order valence-electron chi connectivity index (χ2n) is 6.49. The quantitative estimate of drug-likeness (QED) is 0.456. The van der Waals surface area contributed by atoms with Crippen molar-refractivity contribution in [3.8, 4) is 18.1 Å². The molecular formula is C21H18Cl2N2O4S2. The molecule has 0 atom stereocenters. The van der Waals surface area contributed by atoms with E-state index in [4.69, 9.17) is 34.4 Å². The van der Waals surface area contributed by atoms with E-state index in [1.165, 1.54) is 30.6 Å². The van der Waals surface area contributed by atoms with Gasteiger partial charge in [0.05, 0.1) is 44.6 Å². The molecule has 3 rings (SSSR count). The first-order chi connectivity index (χ1) is 14.8. The highest BCUT2D eigenvalue weighted by Crippen LogP contribution is 2.31. The largest absolute Gasteiger partial charge is 0.497 e. The Kier molecular flexibility index (Phi) is 7.44. The van der Waals surface area contributed by atoms with E-state index in [1.54, 1.807) is 28.8 Å². The van der Waals surface area contributed by atoms with E-state index in [1.807, 2.05) is 0 Å². The third-order valence-electron chi connectivity index (χ3n) is 4.42. The number of nitrogens with zero attached hydrogens (tertiary/aromatic N) is 2. The Morgan fingerprint density at radius 3 is 2.52 bits per heavy atom. The van der Waals surface area contributed by atoms with Crippen molar-refractivity contribution in [2.24, 2.45) is 4.99 Å². The first-order valence-electron chi connectivity index (χ1n) is 9.12. The van der Waals surface area contributed by atoms with Crippen LogP contribution in [0, 0.1) is 12.3 Å². The lowest BCUT2D eigenvalue weighted by molar-refractivity contribution is -0.118. The monoisotopic (exact) mass is 496 g/mol. The minimum Gasteiger partial charge on any atom is -0.497 e. The van der Waals surface area contributed by atoms with E-state index in [-0.39, 0.29) is 30.0 Å². The second-order valence-corrected chi connectivity index (χ2v) is 10.4. The van der Waals surface area contributed by atoms with E-state index in [2.05, 4.69) is 10.9 Å². The molecule has 0 bridgehead atoms. The molecule has 3 aromatic rings. The number of carbonyl (C=O) groups is 1. The van der Waals surface area contributed by atoms with Crippen LogP contribution < -0.4 is 9.54 Å². The Morgan fingerprint density at radius 2 is 1.87 bits per heavy atom. The zero-order valence-corrected chi connectivity index (χ0v) is 19.6. The van der Waals surface area contributed by atoms with Gasteiger partial charge in [-0.15, -0.1) is 6.42 Å². The Bertz CT molecular complexity index is 1330. The SMILES string of the molecule is C#CCn1c(=NC(=O)CCCS(=O)(=O)c2ccc(OC)cc2)sc2c(Cl)ccc(Cl)c21. The minimum absolute atomic E-state index is 0.0266. The third kappa shape index (κ3) is 5.31. The molecule has 0 saturated heterocycles. The van der Waals surface area contributed by atoms with Crippen LogP contribution in [0.3, 0.4) is 0 Å². The number of aromatic nitrogens is 1. The number of hydrogen-bond acceptors (Lipinski definition) is 5.